The molecule has 0 bridgehead atoms. The van der Waals surface area contributed by atoms with Gasteiger partial charge in [0.25, 0.3) is 0 Å². The number of hydrogen-bond acceptors (Lipinski definition) is 7. The SMILES string of the molecule is CC(C)n1ncc(C(=O)CC2CCCCc3cc(-c4ccnc(Nc5cnn(C)c5)n4)ccc32)n1. The fourth-order valence-corrected chi connectivity index (χ4v) is 4.63. The molecular weight excluding hydrogens is 440 g/mol. The van der Waals surface area contributed by atoms with E-state index in [4.69, 9.17) is 4.98 Å². The molecule has 1 aliphatic rings. The van der Waals surface area contributed by atoms with E-state index < -0.39 is 0 Å². The molecule has 0 aliphatic heterocycles. The van der Waals surface area contributed by atoms with Gasteiger partial charge >= 0.3 is 0 Å². The molecule has 1 aliphatic carbocycles. The number of carbonyl (C=O) groups is 1. The zero-order valence-electron chi connectivity index (χ0n) is 20.3. The summed E-state index contributed by atoms with van der Waals surface area (Å²) >= 11 is 0. The fraction of sp³-hybridized carbons (Fsp3) is 0.385. The number of fused-ring (bicyclic) bond motifs is 1. The second-order valence-corrected chi connectivity index (χ2v) is 9.42. The maximum Gasteiger partial charge on any atom is 0.227 e. The van der Waals surface area contributed by atoms with Gasteiger partial charge in [-0.05, 0) is 62.3 Å². The highest BCUT2D eigenvalue weighted by molar-refractivity contribution is 5.94. The molecule has 1 aromatic carbocycles. The van der Waals surface area contributed by atoms with Crippen LogP contribution in [-0.2, 0) is 13.5 Å². The smallest absolute Gasteiger partial charge is 0.227 e. The Kier molecular flexibility index (Phi) is 6.39. The second kappa shape index (κ2) is 9.77. The van der Waals surface area contributed by atoms with Crippen molar-refractivity contribution in [3.8, 4) is 11.3 Å². The van der Waals surface area contributed by atoms with E-state index in [0.29, 0.717) is 18.1 Å². The van der Waals surface area contributed by atoms with Crippen LogP contribution in [0.2, 0.25) is 0 Å². The van der Waals surface area contributed by atoms with Gasteiger partial charge in [0.2, 0.25) is 5.95 Å². The van der Waals surface area contributed by atoms with Gasteiger partial charge in [-0.15, -0.1) is 5.10 Å². The van der Waals surface area contributed by atoms with Crippen LogP contribution in [0.1, 0.15) is 73.1 Å². The van der Waals surface area contributed by atoms with Crippen LogP contribution in [0, 0.1) is 0 Å². The van der Waals surface area contributed by atoms with E-state index in [1.54, 1.807) is 28.1 Å². The molecular formula is C26H30N8O. The Morgan fingerprint density at radius 2 is 2.06 bits per heavy atom. The van der Waals surface area contributed by atoms with E-state index in [1.807, 2.05) is 33.2 Å². The molecule has 9 heteroatoms. The van der Waals surface area contributed by atoms with Crippen molar-refractivity contribution in [3.63, 3.8) is 0 Å². The van der Waals surface area contributed by atoms with Crippen molar-refractivity contribution in [1.29, 1.82) is 0 Å². The van der Waals surface area contributed by atoms with E-state index >= 15 is 0 Å². The third-order valence-electron chi connectivity index (χ3n) is 6.43. The summed E-state index contributed by atoms with van der Waals surface area (Å²) in [6.45, 7) is 4.01. The molecule has 0 saturated carbocycles. The molecule has 35 heavy (non-hydrogen) atoms. The number of ketones is 1. The maximum absolute atomic E-state index is 13.0. The monoisotopic (exact) mass is 470 g/mol. The summed E-state index contributed by atoms with van der Waals surface area (Å²) in [6, 6.07) is 8.56. The summed E-state index contributed by atoms with van der Waals surface area (Å²) in [5, 5.41) is 16.0. The van der Waals surface area contributed by atoms with Gasteiger partial charge in [0, 0.05) is 31.4 Å². The number of benzene rings is 1. The zero-order valence-corrected chi connectivity index (χ0v) is 20.3. The summed E-state index contributed by atoms with van der Waals surface area (Å²) < 4.78 is 1.73. The number of nitrogens with one attached hydrogen (secondary N) is 1. The quantitative estimate of drug-likeness (QED) is 0.303. The molecule has 9 nitrogen and oxygen atoms in total. The van der Waals surface area contributed by atoms with Gasteiger partial charge < -0.3 is 5.32 Å². The van der Waals surface area contributed by atoms with E-state index in [9.17, 15) is 4.79 Å². The summed E-state index contributed by atoms with van der Waals surface area (Å²) in [6.07, 6.45) is 11.7. The average Bonchev–Trinajstić information content (AvgIpc) is 3.46. The molecule has 4 aromatic rings. The van der Waals surface area contributed by atoms with Crippen molar-refractivity contribution in [1.82, 2.24) is 34.7 Å². The van der Waals surface area contributed by atoms with Gasteiger partial charge in [-0.2, -0.15) is 15.0 Å². The summed E-state index contributed by atoms with van der Waals surface area (Å²) in [7, 11) is 1.87. The Bertz CT molecular complexity index is 1340. The summed E-state index contributed by atoms with van der Waals surface area (Å²) in [5.41, 5.74) is 5.76. The Morgan fingerprint density at radius 3 is 2.83 bits per heavy atom. The van der Waals surface area contributed by atoms with Gasteiger partial charge in [-0.1, -0.05) is 18.6 Å². The molecule has 0 fully saturated rings. The number of anilines is 2. The van der Waals surface area contributed by atoms with Gasteiger partial charge in [0.1, 0.15) is 5.69 Å². The second-order valence-electron chi connectivity index (χ2n) is 9.42. The van der Waals surface area contributed by atoms with Crippen LogP contribution in [0.4, 0.5) is 11.6 Å². The third-order valence-corrected chi connectivity index (χ3v) is 6.43. The third kappa shape index (κ3) is 5.13. The predicted octanol–water partition coefficient (Wildman–Crippen LogP) is 4.88. The largest absolute Gasteiger partial charge is 0.321 e. The van der Waals surface area contributed by atoms with Gasteiger partial charge in [0.05, 0.1) is 29.8 Å². The lowest BCUT2D eigenvalue weighted by Gasteiger charge is -2.17. The van der Waals surface area contributed by atoms with Crippen LogP contribution in [0.15, 0.2) is 49.1 Å². The zero-order chi connectivity index (χ0) is 24.4. The Hall–Kier alpha value is -3.88. The van der Waals surface area contributed by atoms with E-state index in [-0.39, 0.29) is 17.7 Å². The minimum atomic E-state index is 0.0562. The van der Waals surface area contributed by atoms with Crippen molar-refractivity contribution in [2.75, 3.05) is 5.32 Å². The van der Waals surface area contributed by atoms with E-state index in [2.05, 4.69) is 43.8 Å². The predicted molar refractivity (Wildman–Crippen MR) is 134 cm³/mol. The molecule has 1 unspecified atom stereocenters. The van der Waals surface area contributed by atoms with Crippen LogP contribution in [0.25, 0.3) is 11.3 Å². The molecule has 3 aromatic heterocycles. The first-order chi connectivity index (χ1) is 17.0. The van der Waals surface area contributed by atoms with Gasteiger partial charge in [-0.3, -0.25) is 9.48 Å². The highest BCUT2D eigenvalue weighted by Crippen LogP contribution is 2.36. The lowest BCUT2D eigenvalue weighted by Crippen LogP contribution is -2.11. The average molecular weight is 471 g/mol. The van der Waals surface area contributed by atoms with Crippen molar-refractivity contribution >= 4 is 17.4 Å². The number of aromatic nitrogens is 7. The van der Waals surface area contributed by atoms with E-state index in [0.717, 1.165) is 42.6 Å². The molecule has 180 valence electrons. The highest BCUT2D eigenvalue weighted by atomic mass is 16.1. The molecule has 5 rings (SSSR count). The lowest BCUT2D eigenvalue weighted by molar-refractivity contribution is 0.0966. The molecule has 0 radical (unpaired) electrons. The lowest BCUT2D eigenvalue weighted by atomic mass is 9.87. The van der Waals surface area contributed by atoms with Crippen molar-refractivity contribution < 1.29 is 4.79 Å². The fourth-order valence-electron chi connectivity index (χ4n) is 4.63. The van der Waals surface area contributed by atoms with Gasteiger partial charge in [-0.25, -0.2) is 9.97 Å². The van der Waals surface area contributed by atoms with Crippen LogP contribution in [0.3, 0.4) is 0 Å². The molecule has 0 spiro atoms. The molecule has 0 saturated heterocycles. The standard InChI is InChI=1S/C26H30N8O/c1-17(2)34-29-15-24(32-34)25(35)13-19-7-5-4-6-18-12-20(8-9-22(18)19)23-10-11-27-26(31-23)30-21-14-28-33(3)16-21/h8-12,14-17,19H,4-7,13H2,1-3H3,(H,27,30,31). The molecule has 0 amide bonds. The maximum atomic E-state index is 13.0. The molecule has 3 heterocycles. The minimum Gasteiger partial charge on any atom is -0.321 e. The first-order valence-corrected chi connectivity index (χ1v) is 12.1. The van der Waals surface area contributed by atoms with Crippen LogP contribution in [-0.4, -0.2) is 40.5 Å². The van der Waals surface area contributed by atoms with E-state index in [1.165, 1.54) is 11.1 Å². The first kappa shape index (κ1) is 22.9. The topological polar surface area (TPSA) is 103 Å². The van der Waals surface area contributed by atoms with Gasteiger partial charge in [0.15, 0.2) is 5.78 Å². The highest BCUT2D eigenvalue weighted by Gasteiger charge is 2.24. The van der Waals surface area contributed by atoms with Crippen LogP contribution in [0.5, 0.6) is 0 Å². The molecule has 1 atom stereocenters. The first-order valence-electron chi connectivity index (χ1n) is 12.1. The minimum absolute atomic E-state index is 0.0562. The Balaban J connectivity index is 1.37. The van der Waals surface area contributed by atoms with Crippen molar-refractivity contribution in [2.45, 2.75) is 57.9 Å². The summed E-state index contributed by atoms with van der Waals surface area (Å²) in [4.78, 5) is 23.7. The van der Waals surface area contributed by atoms with Crippen LogP contribution >= 0.6 is 0 Å². The van der Waals surface area contributed by atoms with Crippen molar-refractivity contribution in [2.24, 2.45) is 7.05 Å². The normalized spacial score (nSPS) is 15.6. The number of rotatable bonds is 7. The number of Topliss-reactive ketones (excluding diaryl/α,β-unsaturated/α-hetero) is 1. The number of hydrogen-bond donors (Lipinski definition) is 1. The van der Waals surface area contributed by atoms with Crippen molar-refractivity contribution in [3.05, 3.63) is 65.9 Å². The summed E-state index contributed by atoms with van der Waals surface area (Å²) in [5.74, 6) is 0.774. The molecule has 1 N–H and O–H groups in total. The van der Waals surface area contributed by atoms with Crippen LogP contribution < -0.4 is 5.32 Å². The Morgan fingerprint density at radius 1 is 1.17 bits per heavy atom. The number of aryl methyl sites for hydroxylation is 2. The number of nitrogens with zero attached hydrogens (tertiary/aromatic N) is 7. The number of carbonyl (C=O) groups excluding carboxylic acids is 1. The Labute approximate surface area is 204 Å².